The molecule has 19 heavy (non-hydrogen) atoms. The van der Waals surface area contributed by atoms with Crippen molar-refractivity contribution in [1.82, 2.24) is 9.88 Å². The molecule has 3 rings (SSSR count). The number of nitrogens with zero attached hydrogens (tertiary/aromatic N) is 2. The van der Waals surface area contributed by atoms with E-state index in [-0.39, 0.29) is 5.91 Å². The number of amides is 1. The molecule has 2 aliphatic rings. The van der Waals surface area contributed by atoms with Crippen LogP contribution in [0.2, 0.25) is 0 Å². The van der Waals surface area contributed by atoms with Crippen LogP contribution in [0.5, 0.6) is 5.75 Å². The van der Waals surface area contributed by atoms with E-state index >= 15 is 0 Å². The standard InChI is InChI=1S/C14H19N3O2/c1-10-3-2-5-17(9-10)14(18)11-7-12-13(16-8-11)15-4-6-19-12/h7-8,10H,2-6,9H2,1H3,(H,15,16). The number of ether oxygens (including phenoxy) is 1. The number of fused-ring (bicyclic) bond motifs is 1. The zero-order valence-electron chi connectivity index (χ0n) is 11.2. The van der Waals surface area contributed by atoms with Crippen LogP contribution >= 0.6 is 0 Å². The summed E-state index contributed by atoms with van der Waals surface area (Å²) >= 11 is 0. The molecular formula is C14H19N3O2. The highest BCUT2D eigenvalue weighted by molar-refractivity contribution is 5.94. The minimum Gasteiger partial charge on any atom is -0.488 e. The van der Waals surface area contributed by atoms with Crippen molar-refractivity contribution in [2.75, 3.05) is 31.6 Å². The minimum atomic E-state index is 0.0658. The van der Waals surface area contributed by atoms with Gasteiger partial charge in [-0.2, -0.15) is 0 Å². The average molecular weight is 261 g/mol. The molecule has 1 atom stereocenters. The number of carbonyl (C=O) groups excluding carboxylic acids is 1. The number of carbonyl (C=O) groups is 1. The molecule has 2 aliphatic heterocycles. The maximum Gasteiger partial charge on any atom is 0.255 e. The van der Waals surface area contributed by atoms with Gasteiger partial charge in [0.25, 0.3) is 5.91 Å². The monoisotopic (exact) mass is 261 g/mol. The Morgan fingerprint density at radius 3 is 3.32 bits per heavy atom. The van der Waals surface area contributed by atoms with E-state index in [0.29, 0.717) is 23.8 Å². The molecule has 1 saturated heterocycles. The van der Waals surface area contributed by atoms with Crippen LogP contribution in [0.25, 0.3) is 0 Å². The van der Waals surface area contributed by atoms with Gasteiger partial charge in [-0.3, -0.25) is 4.79 Å². The Bertz CT molecular complexity index is 490. The maximum atomic E-state index is 12.4. The Balaban J connectivity index is 1.79. The topological polar surface area (TPSA) is 54.5 Å². The van der Waals surface area contributed by atoms with Crippen molar-refractivity contribution in [3.63, 3.8) is 0 Å². The van der Waals surface area contributed by atoms with Crippen molar-refractivity contribution in [2.24, 2.45) is 5.92 Å². The van der Waals surface area contributed by atoms with Crippen LogP contribution in [0.4, 0.5) is 5.82 Å². The van der Waals surface area contributed by atoms with Gasteiger partial charge in [-0.1, -0.05) is 6.92 Å². The number of aromatic nitrogens is 1. The molecule has 1 unspecified atom stereocenters. The average Bonchev–Trinajstić information content (AvgIpc) is 2.46. The number of pyridine rings is 1. The van der Waals surface area contributed by atoms with Gasteiger partial charge in [0.05, 0.1) is 12.1 Å². The van der Waals surface area contributed by atoms with E-state index < -0.39 is 0 Å². The summed E-state index contributed by atoms with van der Waals surface area (Å²) in [5.74, 6) is 2.06. The largest absolute Gasteiger partial charge is 0.488 e. The fraction of sp³-hybridized carbons (Fsp3) is 0.571. The maximum absolute atomic E-state index is 12.4. The molecule has 0 radical (unpaired) electrons. The Morgan fingerprint density at radius 1 is 1.58 bits per heavy atom. The van der Waals surface area contributed by atoms with Gasteiger partial charge in [0, 0.05) is 19.3 Å². The third-order valence-corrected chi connectivity index (χ3v) is 3.70. The van der Waals surface area contributed by atoms with E-state index in [0.717, 1.165) is 31.9 Å². The van der Waals surface area contributed by atoms with Crippen LogP contribution in [0.15, 0.2) is 12.3 Å². The number of piperidine rings is 1. The predicted octanol–water partition coefficient (Wildman–Crippen LogP) is 1.76. The summed E-state index contributed by atoms with van der Waals surface area (Å²) in [5.41, 5.74) is 0.622. The van der Waals surface area contributed by atoms with E-state index in [4.69, 9.17) is 4.74 Å². The van der Waals surface area contributed by atoms with Gasteiger partial charge in [-0.15, -0.1) is 0 Å². The lowest BCUT2D eigenvalue weighted by Crippen LogP contribution is -2.39. The molecule has 1 aromatic heterocycles. The molecule has 1 N–H and O–H groups in total. The molecule has 5 heteroatoms. The van der Waals surface area contributed by atoms with E-state index in [9.17, 15) is 4.79 Å². The van der Waals surface area contributed by atoms with E-state index in [1.807, 2.05) is 4.90 Å². The molecule has 0 spiro atoms. The third-order valence-electron chi connectivity index (χ3n) is 3.70. The van der Waals surface area contributed by atoms with Crippen LogP contribution in [0.3, 0.4) is 0 Å². The summed E-state index contributed by atoms with van der Waals surface area (Å²) in [6.45, 7) is 5.26. The number of nitrogens with one attached hydrogen (secondary N) is 1. The van der Waals surface area contributed by atoms with Crippen LogP contribution in [0, 0.1) is 5.92 Å². The van der Waals surface area contributed by atoms with Crippen LogP contribution in [0.1, 0.15) is 30.1 Å². The summed E-state index contributed by atoms with van der Waals surface area (Å²) in [6, 6.07) is 1.80. The minimum absolute atomic E-state index is 0.0658. The predicted molar refractivity (Wildman–Crippen MR) is 72.5 cm³/mol. The number of likely N-dealkylation sites (tertiary alicyclic amines) is 1. The second-order valence-corrected chi connectivity index (χ2v) is 5.34. The van der Waals surface area contributed by atoms with Gasteiger partial charge in [-0.05, 0) is 24.8 Å². The smallest absolute Gasteiger partial charge is 0.255 e. The van der Waals surface area contributed by atoms with Crippen LogP contribution < -0.4 is 10.1 Å². The number of anilines is 1. The van der Waals surface area contributed by atoms with Gasteiger partial charge in [0.15, 0.2) is 11.6 Å². The van der Waals surface area contributed by atoms with Crippen LogP contribution in [-0.2, 0) is 0 Å². The lowest BCUT2D eigenvalue weighted by atomic mass is 10.00. The molecule has 0 aromatic carbocycles. The highest BCUT2D eigenvalue weighted by Gasteiger charge is 2.23. The van der Waals surface area contributed by atoms with Crippen molar-refractivity contribution >= 4 is 11.7 Å². The van der Waals surface area contributed by atoms with Crippen molar-refractivity contribution in [1.29, 1.82) is 0 Å². The van der Waals surface area contributed by atoms with E-state index in [1.54, 1.807) is 12.3 Å². The highest BCUT2D eigenvalue weighted by atomic mass is 16.5. The van der Waals surface area contributed by atoms with Crippen molar-refractivity contribution in [3.8, 4) is 5.75 Å². The Morgan fingerprint density at radius 2 is 2.47 bits per heavy atom. The molecule has 1 amide bonds. The van der Waals surface area contributed by atoms with E-state index in [1.165, 1.54) is 6.42 Å². The van der Waals surface area contributed by atoms with E-state index in [2.05, 4.69) is 17.2 Å². The summed E-state index contributed by atoms with van der Waals surface area (Å²) in [6.07, 6.45) is 3.94. The number of hydrogen-bond acceptors (Lipinski definition) is 4. The summed E-state index contributed by atoms with van der Waals surface area (Å²) in [7, 11) is 0. The second-order valence-electron chi connectivity index (χ2n) is 5.34. The summed E-state index contributed by atoms with van der Waals surface area (Å²) in [4.78, 5) is 18.6. The SMILES string of the molecule is CC1CCCN(C(=O)c2cnc3c(c2)OCCN3)C1. The Hall–Kier alpha value is -1.78. The van der Waals surface area contributed by atoms with Gasteiger partial charge in [0.1, 0.15) is 6.61 Å². The van der Waals surface area contributed by atoms with Gasteiger partial charge < -0.3 is 15.0 Å². The quantitative estimate of drug-likeness (QED) is 0.837. The van der Waals surface area contributed by atoms with Crippen molar-refractivity contribution in [3.05, 3.63) is 17.8 Å². The van der Waals surface area contributed by atoms with Gasteiger partial charge in [-0.25, -0.2) is 4.98 Å². The molecule has 102 valence electrons. The first-order valence-electron chi connectivity index (χ1n) is 6.90. The summed E-state index contributed by atoms with van der Waals surface area (Å²) in [5, 5.41) is 3.15. The summed E-state index contributed by atoms with van der Waals surface area (Å²) < 4.78 is 5.53. The zero-order chi connectivity index (χ0) is 13.2. The lowest BCUT2D eigenvalue weighted by molar-refractivity contribution is 0.0682. The van der Waals surface area contributed by atoms with Crippen molar-refractivity contribution < 1.29 is 9.53 Å². The Kier molecular flexibility index (Phi) is 3.27. The normalized spacial score (nSPS) is 22.2. The molecule has 0 aliphatic carbocycles. The van der Waals surface area contributed by atoms with Gasteiger partial charge >= 0.3 is 0 Å². The molecule has 3 heterocycles. The zero-order valence-corrected chi connectivity index (χ0v) is 11.2. The first-order chi connectivity index (χ1) is 9.24. The first-order valence-corrected chi connectivity index (χ1v) is 6.90. The molecule has 0 saturated carbocycles. The first kappa shape index (κ1) is 12.3. The lowest BCUT2D eigenvalue weighted by Gasteiger charge is -2.31. The van der Waals surface area contributed by atoms with Crippen molar-refractivity contribution in [2.45, 2.75) is 19.8 Å². The molecule has 1 aromatic rings. The molecule has 0 bridgehead atoms. The molecule has 5 nitrogen and oxygen atoms in total. The van der Waals surface area contributed by atoms with Gasteiger partial charge in [0.2, 0.25) is 0 Å². The second kappa shape index (κ2) is 5.07. The number of rotatable bonds is 1. The van der Waals surface area contributed by atoms with Crippen LogP contribution in [-0.4, -0.2) is 42.0 Å². The third kappa shape index (κ3) is 2.50. The highest BCUT2D eigenvalue weighted by Crippen LogP contribution is 2.26. The molecule has 1 fully saturated rings. The number of hydrogen-bond donors (Lipinski definition) is 1. The Labute approximate surface area is 113 Å². The fourth-order valence-corrected chi connectivity index (χ4v) is 2.69. The molecular weight excluding hydrogens is 242 g/mol. The fourth-order valence-electron chi connectivity index (χ4n) is 2.69.